The smallest absolute Gasteiger partial charge is 0.149 e. The van der Waals surface area contributed by atoms with Gasteiger partial charge in [-0.3, -0.25) is 9.88 Å². The van der Waals surface area contributed by atoms with Gasteiger partial charge in [0.15, 0.2) is 0 Å². The molecule has 0 atom stereocenters. The highest BCUT2D eigenvalue weighted by Gasteiger charge is 2.12. The highest BCUT2D eigenvalue weighted by atomic mass is 35.5. The molecule has 96 valence electrons. The van der Waals surface area contributed by atoms with Crippen molar-refractivity contribution in [2.75, 3.05) is 18.4 Å². The van der Waals surface area contributed by atoms with Gasteiger partial charge in [-0.25, -0.2) is 4.98 Å². The summed E-state index contributed by atoms with van der Waals surface area (Å²) in [4.78, 5) is 10.5. The molecule has 0 spiro atoms. The molecule has 0 fully saturated rings. The molecule has 1 rings (SSSR count). The van der Waals surface area contributed by atoms with Crippen LogP contribution in [0.15, 0.2) is 12.4 Å². The Kier molecular flexibility index (Phi) is 5.65. The third kappa shape index (κ3) is 4.88. The first kappa shape index (κ1) is 14.2. The molecule has 1 aromatic rings. The number of anilines is 1. The van der Waals surface area contributed by atoms with Crippen LogP contribution in [0.3, 0.4) is 0 Å². The van der Waals surface area contributed by atoms with Crippen LogP contribution in [0.5, 0.6) is 0 Å². The molecular formula is C12H21ClN4. The van der Waals surface area contributed by atoms with Crippen LogP contribution < -0.4 is 5.32 Å². The van der Waals surface area contributed by atoms with Gasteiger partial charge >= 0.3 is 0 Å². The molecule has 17 heavy (non-hydrogen) atoms. The number of rotatable bonds is 6. The average molecular weight is 257 g/mol. The molecule has 0 aromatic carbocycles. The molecule has 0 aliphatic heterocycles. The normalized spacial score (nSPS) is 11.5. The minimum absolute atomic E-state index is 0.416. The summed E-state index contributed by atoms with van der Waals surface area (Å²) < 4.78 is 0. The van der Waals surface area contributed by atoms with Gasteiger partial charge in [-0.2, -0.15) is 0 Å². The molecule has 0 bridgehead atoms. The van der Waals surface area contributed by atoms with E-state index in [1.807, 2.05) is 0 Å². The Morgan fingerprint density at radius 2 is 1.88 bits per heavy atom. The highest BCUT2D eigenvalue weighted by molar-refractivity contribution is 6.29. The molecule has 0 saturated carbocycles. The zero-order valence-electron chi connectivity index (χ0n) is 10.9. The number of aromatic nitrogens is 2. The van der Waals surface area contributed by atoms with Crippen LogP contribution in [0.2, 0.25) is 5.15 Å². The fourth-order valence-corrected chi connectivity index (χ4v) is 2.00. The van der Waals surface area contributed by atoms with Crippen molar-refractivity contribution < 1.29 is 0 Å². The minimum atomic E-state index is 0.416. The van der Waals surface area contributed by atoms with Crippen LogP contribution in [-0.4, -0.2) is 40.0 Å². The third-order valence-electron chi connectivity index (χ3n) is 2.61. The maximum atomic E-state index is 5.76. The van der Waals surface area contributed by atoms with E-state index >= 15 is 0 Å². The predicted molar refractivity (Wildman–Crippen MR) is 72.5 cm³/mol. The summed E-state index contributed by atoms with van der Waals surface area (Å²) in [5.41, 5.74) is 0. The molecule has 0 radical (unpaired) electrons. The van der Waals surface area contributed by atoms with Crippen molar-refractivity contribution in [3.8, 4) is 0 Å². The zero-order chi connectivity index (χ0) is 12.8. The van der Waals surface area contributed by atoms with E-state index in [-0.39, 0.29) is 0 Å². The number of nitrogens with zero attached hydrogens (tertiary/aromatic N) is 3. The number of nitrogens with one attached hydrogen (secondary N) is 1. The van der Waals surface area contributed by atoms with Gasteiger partial charge in [0.25, 0.3) is 0 Å². The largest absolute Gasteiger partial charge is 0.367 e. The Bertz CT molecular complexity index is 333. The lowest BCUT2D eigenvalue weighted by Crippen LogP contribution is -2.40. The van der Waals surface area contributed by atoms with Crippen molar-refractivity contribution in [2.45, 2.75) is 39.8 Å². The quantitative estimate of drug-likeness (QED) is 0.850. The SMILES string of the molecule is CC(C)N(CCNc1cncc(Cl)n1)C(C)C. The first-order valence-electron chi connectivity index (χ1n) is 5.98. The Morgan fingerprint density at radius 3 is 2.41 bits per heavy atom. The van der Waals surface area contributed by atoms with Crippen molar-refractivity contribution in [3.63, 3.8) is 0 Å². The van der Waals surface area contributed by atoms with Crippen LogP contribution in [0.25, 0.3) is 0 Å². The van der Waals surface area contributed by atoms with E-state index in [0.717, 1.165) is 18.9 Å². The van der Waals surface area contributed by atoms with Gasteiger partial charge in [-0.05, 0) is 27.7 Å². The Morgan fingerprint density at radius 1 is 1.24 bits per heavy atom. The summed E-state index contributed by atoms with van der Waals surface area (Å²) in [6.07, 6.45) is 3.21. The Labute approximate surface area is 108 Å². The van der Waals surface area contributed by atoms with Gasteiger partial charge < -0.3 is 5.32 Å². The van der Waals surface area contributed by atoms with E-state index in [1.165, 1.54) is 6.20 Å². The van der Waals surface area contributed by atoms with E-state index in [2.05, 4.69) is 47.9 Å². The molecule has 0 aliphatic rings. The summed E-state index contributed by atoms with van der Waals surface area (Å²) in [6.45, 7) is 10.6. The second kappa shape index (κ2) is 6.77. The molecule has 0 aliphatic carbocycles. The summed E-state index contributed by atoms with van der Waals surface area (Å²) in [5, 5.41) is 3.64. The second-order valence-electron chi connectivity index (χ2n) is 4.58. The molecule has 0 amide bonds. The molecule has 0 unspecified atom stereocenters. The Balaban J connectivity index is 2.41. The van der Waals surface area contributed by atoms with Gasteiger partial charge in [-0.15, -0.1) is 0 Å². The maximum Gasteiger partial charge on any atom is 0.149 e. The van der Waals surface area contributed by atoms with Crippen LogP contribution in [0.1, 0.15) is 27.7 Å². The first-order valence-corrected chi connectivity index (χ1v) is 6.35. The molecule has 4 nitrogen and oxygen atoms in total. The molecule has 0 saturated heterocycles. The number of halogens is 1. The molecule has 1 aromatic heterocycles. The molecule has 1 heterocycles. The van der Waals surface area contributed by atoms with Gasteiger partial charge in [0.2, 0.25) is 0 Å². The summed E-state index contributed by atoms with van der Waals surface area (Å²) in [6, 6.07) is 1.09. The van der Waals surface area contributed by atoms with Crippen LogP contribution in [-0.2, 0) is 0 Å². The summed E-state index contributed by atoms with van der Waals surface area (Å²) >= 11 is 5.76. The lowest BCUT2D eigenvalue weighted by molar-refractivity contribution is 0.182. The van der Waals surface area contributed by atoms with Gasteiger partial charge in [-0.1, -0.05) is 11.6 Å². The van der Waals surface area contributed by atoms with E-state index in [1.54, 1.807) is 6.20 Å². The van der Waals surface area contributed by atoms with Gasteiger partial charge in [0, 0.05) is 25.2 Å². The lowest BCUT2D eigenvalue weighted by Gasteiger charge is -2.30. The van der Waals surface area contributed by atoms with Gasteiger partial charge in [0.1, 0.15) is 11.0 Å². The predicted octanol–water partition coefficient (Wildman–Crippen LogP) is 2.66. The first-order chi connectivity index (χ1) is 8.00. The van der Waals surface area contributed by atoms with E-state index in [4.69, 9.17) is 11.6 Å². The van der Waals surface area contributed by atoms with Crippen molar-refractivity contribution in [1.29, 1.82) is 0 Å². The fraction of sp³-hybridized carbons (Fsp3) is 0.667. The number of hydrogen-bond donors (Lipinski definition) is 1. The van der Waals surface area contributed by atoms with Crippen molar-refractivity contribution in [3.05, 3.63) is 17.5 Å². The van der Waals surface area contributed by atoms with Crippen LogP contribution in [0.4, 0.5) is 5.82 Å². The molecule has 1 N–H and O–H groups in total. The second-order valence-corrected chi connectivity index (χ2v) is 4.97. The summed E-state index contributed by atoms with van der Waals surface area (Å²) in [5.74, 6) is 0.727. The zero-order valence-corrected chi connectivity index (χ0v) is 11.7. The highest BCUT2D eigenvalue weighted by Crippen LogP contribution is 2.07. The Hall–Kier alpha value is -0.870. The van der Waals surface area contributed by atoms with Crippen molar-refractivity contribution in [2.24, 2.45) is 0 Å². The fourth-order valence-electron chi connectivity index (χ4n) is 1.85. The summed E-state index contributed by atoms with van der Waals surface area (Å²) in [7, 11) is 0. The number of hydrogen-bond acceptors (Lipinski definition) is 4. The van der Waals surface area contributed by atoms with Crippen molar-refractivity contribution in [1.82, 2.24) is 14.9 Å². The van der Waals surface area contributed by atoms with E-state index in [0.29, 0.717) is 17.2 Å². The average Bonchev–Trinajstić information content (AvgIpc) is 2.23. The minimum Gasteiger partial charge on any atom is -0.367 e. The molecular weight excluding hydrogens is 236 g/mol. The third-order valence-corrected chi connectivity index (χ3v) is 2.79. The van der Waals surface area contributed by atoms with Crippen LogP contribution in [0, 0.1) is 0 Å². The molecule has 5 heteroatoms. The van der Waals surface area contributed by atoms with E-state index < -0.39 is 0 Å². The maximum absolute atomic E-state index is 5.76. The topological polar surface area (TPSA) is 41.0 Å². The van der Waals surface area contributed by atoms with E-state index in [9.17, 15) is 0 Å². The standard InChI is InChI=1S/C12H21ClN4/c1-9(2)17(10(3)4)6-5-15-12-8-14-7-11(13)16-12/h7-10H,5-6H2,1-4H3,(H,15,16). The lowest BCUT2D eigenvalue weighted by atomic mass is 10.2. The van der Waals surface area contributed by atoms with Crippen molar-refractivity contribution >= 4 is 17.4 Å². The van der Waals surface area contributed by atoms with Gasteiger partial charge in [0.05, 0.1) is 12.4 Å². The van der Waals surface area contributed by atoms with Crippen LogP contribution >= 0.6 is 11.6 Å². The monoisotopic (exact) mass is 256 g/mol.